The molecule has 0 aliphatic carbocycles. The fourth-order valence-corrected chi connectivity index (χ4v) is 1.13. The van der Waals surface area contributed by atoms with Gasteiger partial charge in [0, 0.05) is 13.2 Å². The van der Waals surface area contributed by atoms with Crippen LogP contribution >= 0.6 is 0 Å². The Balaban J connectivity index is 2.73. The van der Waals surface area contributed by atoms with E-state index < -0.39 is 12.2 Å². The van der Waals surface area contributed by atoms with Crippen LogP contribution in [0.4, 0.5) is 0 Å². The van der Waals surface area contributed by atoms with Gasteiger partial charge >= 0.3 is 0 Å². The second-order valence-electron chi connectivity index (χ2n) is 3.64. The summed E-state index contributed by atoms with van der Waals surface area (Å²) >= 11 is 0. The Morgan fingerprint density at radius 3 is 2.38 bits per heavy atom. The maximum Gasteiger partial charge on any atom is 0.123 e. The first-order valence-corrected chi connectivity index (χ1v) is 4.36. The average molecular weight is 184 g/mol. The number of rotatable bonds is 3. The van der Waals surface area contributed by atoms with Crippen LogP contribution in [0.15, 0.2) is 12.5 Å². The smallest absolute Gasteiger partial charge is 0.123 e. The van der Waals surface area contributed by atoms with Crippen LogP contribution < -0.4 is 0 Å². The lowest BCUT2D eigenvalue weighted by Gasteiger charge is -2.19. The summed E-state index contributed by atoms with van der Waals surface area (Å²) in [6.45, 7) is 3.72. The molecule has 0 radical (unpaired) electrons. The highest BCUT2D eigenvalue weighted by Gasteiger charge is 2.22. The number of hydrogen-bond acceptors (Lipinski definition) is 3. The molecule has 0 saturated heterocycles. The fourth-order valence-electron chi connectivity index (χ4n) is 1.13. The van der Waals surface area contributed by atoms with Gasteiger partial charge in [-0.3, -0.25) is 0 Å². The Kier molecular flexibility index (Phi) is 3.06. The van der Waals surface area contributed by atoms with Gasteiger partial charge in [0.1, 0.15) is 6.10 Å². The first kappa shape index (κ1) is 10.2. The molecule has 0 aromatic carbocycles. The van der Waals surface area contributed by atoms with Crippen molar-refractivity contribution in [3.63, 3.8) is 0 Å². The SMILES string of the molecule is CC(C)C(O)C(O)c1cn(C)cn1. The number of imidazole rings is 1. The number of aromatic nitrogens is 2. The summed E-state index contributed by atoms with van der Waals surface area (Å²) < 4.78 is 1.74. The first-order valence-electron chi connectivity index (χ1n) is 4.36. The quantitative estimate of drug-likeness (QED) is 0.718. The molecule has 4 nitrogen and oxygen atoms in total. The summed E-state index contributed by atoms with van der Waals surface area (Å²) in [5, 5.41) is 19.2. The number of aryl methyl sites for hydroxylation is 1. The van der Waals surface area contributed by atoms with E-state index in [-0.39, 0.29) is 5.92 Å². The zero-order valence-electron chi connectivity index (χ0n) is 8.18. The summed E-state index contributed by atoms with van der Waals surface area (Å²) in [6.07, 6.45) is 1.66. The van der Waals surface area contributed by atoms with E-state index in [2.05, 4.69) is 4.98 Å². The Hall–Kier alpha value is -0.870. The minimum atomic E-state index is -0.888. The molecule has 1 aromatic heterocycles. The summed E-state index contributed by atoms with van der Waals surface area (Å²) in [4.78, 5) is 3.97. The van der Waals surface area contributed by atoms with Crippen LogP contribution in [0.2, 0.25) is 0 Å². The molecule has 74 valence electrons. The third-order valence-corrected chi connectivity index (χ3v) is 2.03. The standard InChI is InChI=1S/C9H16N2O2/c1-6(2)8(12)9(13)7-4-11(3)5-10-7/h4-6,8-9,12-13H,1-3H3. The van der Waals surface area contributed by atoms with Crippen molar-refractivity contribution in [3.8, 4) is 0 Å². The molecule has 1 aromatic rings. The largest absolute Gasteiger partial charge is 0.390 e. The van der Waals surface area contributed by atoms with Crippen molar-refractivity contribution >= 4 is 0 Å². The van der Waals surface area contributed by atoms with E-state index in [1.807, 2.05) is 20.9 Å². The predicted molar refractivity (Wildman–Crippen MR) is 49.0 cm³/mol. The fraction of sp³-hybridized carbons (Fsp3) is 0.667. The maximum absolute atomic E-state index is 9.65. The lowest BCUT2D eigenvalue weighted by Crippen LogP contribution is -2.24. The van der Waals surface area contributed by atoms with Gasteiger partial charge in [-0.1, -0.05) is 13.8 Å². The Morgan fingerprint density at radius 2 is 2.00 bits per heavy atom. The minimum Gasteiger partial charge on any atom is -0.390 e. The molecule has 2 atom stereocenters. The topological polar surface area (TPSA) is 58.3 Å². The van der Waals surface area contributed by atoms with E-state index in [0.29, 0.717) is 5.69 Å². The molecular formula is C9H16N2O2. The van der Waals surface area contributed by atoms with Gasteiger partial charge in [-0.05, 0) is 5.92 Å². The van der Waals surface area contributed by atoms with Gasteiger partial charge in [0.2, 0.25) is 0 Å². The molecule has 0 fully saturated rings. The van der Waals surface area contributed by atoms with E-state index in [1.165, 1.54) is 0 Å². The summed E-state index contributed by atoms with van der Waals surface area (Å²) in [5.74, 6) is 0.0250. The molecule has 2 unspecified atom stereocenters. The van der Waals surface area contributed by atoms with Gasteiger partial charge in [-0.15, -0.1) is 0 Å². The van der Waals surface area contributed by atoms with E-state index in [1.54, 1.807) is 17.1 Å². The summed E-state index contributed by atoms with van der Waals surface area (Å²) in [5.41, 5.74) is 0.517. The molecular weight excluding hydrogens is 168 g/mol. The van der Waals surface area contributed by atoms with Crippen LogP contribution in [0.25, 0.3) is 0 Å². The van der Waals surface area contributed by atoms with Crippen molar-refractivity contribution in [2.24, 2.45) is 13.0 Å². The molecule has 2 N–H and O–H groups in total. The molecule has 0 aliphatic rings. The number of aliphatic hydroxyl groups is 2. The Labute approximate surface area is 77.8 Å². The minimum absolute atomic E-state index is 0.0250. The van der Waals surface area contributed by atoms with Crippen molar-refractivity contribution < 1.29 is 10.2 Å². The van der Waals surface area contributed by atoms with Crippen molar-refractivity contribution in [1.29, 1.82) is 0 Å². The van der Waals surface area contributed by atoms with E-state index in [0.717, 1.165) is 0 Å². The van der Waals surface area contributed by atoms with Crippen LogP contribution in [0, 0.1) is 5.92 Å². The lowest BCUT2D eigenvalue weighted by atomic mass is 10.0. The second kappa shape index (κ2) is 3.89. The van der Waals surface area contributed by atoms with Gasteiger partial charge in [0.15, 0.2) is 0 Å². The maximum atomic E-state index is 9.65. The molecule has 1 rings (SSSR count). The third kappa shape index (κ3) is 2.29. The van der Waals surface area contributed by atoms with Crippen LogP contribution in [0.1, 0.15) is 25.6 Å². The molecule has 1 heterocycles. The van der Waals surface area contributed by atoms with E-state index in [9.17, 15) is 10.2 Å². The highest BCUT2D eigenvalue weighted by Crippen LogP contribution is 2.19. The molecule has 0 aliphatic heterocycles. The van der Waals surface area contributed by atoms with Crippen LogP contribution in [0.3, 0.4) is 0 Å². The Bertz CT molecular complexity index is 270. The molecule has 13 heavy (non-hydrogen) atoms. The second-order valence-corrected chi connectivity index (χ2v) is 3.64. The number of hydrogen-bond donors (Lipinski definition) is 2. The summed E-state index contributed by atoms with van der Waals surface area (Å²) in [7, 11) is 1.82. The Morgan fingerprint density at radius 1 is 1.38 bits per heavy atom. The van der Waals surface area contributed by atoms with Crippen molar-refractivity contribution in [3.05, 3.63) is 18.2 Å². The third-order valence-electron chi connectivity index (χ3n) is 2.03. The first-order chi connectivity index (χ1) is 6.02. The monoisotopic (exact) mass is 184 g/mol. The van der Waals surface area contributed by atoms with Crippen LogP contribution in [0.5, 0.6) is 0 Å². The average Bonchev–Trinajstić information content (AvgIpc) is 2.49. The number of aliphatic hydroxyl groups excluding tert-OH is 2. The van der Waals surface area contributed by atoms with Gasteiger partial charge in [-0.25, -0.2) is 4.98 Å². The van der Waals surface area contributed by atoms with Crippen molar-refractivity contribution in [2.75, 3.05) is 0 Å². The molecule has 4 heteroatoms. The predicted octanol–water partition coefficient (Wildman–Crippen LogP) is 0.470. The molecule has 0 saturated carbocycles. The molecule has 0 bridgehead atoms. The number of nitrogens with zero attached hydrogens (tertiary/aromatic N) is 2. The zero-order chi connectivity index (χ0) is 10.0. The normalized spacial score (nSPS) is 16.2. The zero-order valence-corrected chi connectivity index (χ0v) is 8.18. The molecule has 0 spiro atoms. The van der Waals surface area contributed by atoms with Gasteiger partial charge in [0.25, 0.3) is 0 Å². The highest BCUT2D eigenvalue weighted by molar-refractivity contribution is 5.02. The molecule has 0 amide bonds. The highest BCUT2D eigenvalue weighted by atomic mass is 16.3. The van der Waals surface area contributed by atoms with E-state index >= 15 is 0 Å². The van der Waals surface area contributed by atoms with Gasteiger partial charge in [0.05, 0.1) is 18.1 Å². The lowest BCUT2D eigenvalue weighted by molar-refractivity contribution is -0.0115. The van der Waals surface area contributed by atoms with E-state index in [4.69, 9.17) is 0 Å². The van der Waals surface area contributed by atoms with Crippen molar-refractivity contribution in [2.45, 2.75) is 26.1 Å². The van der Waals surface area contributed by atoms with Crippen molar-refractivity contribution in [1.82, 2.24) is 9.55 Å². The van der Waals surface area contributed by atoms with Gasteiger partial charge in [-0.2, -0.15) is 0 Å². The van der Waals surface area contributed by atoms with Gasteiger partial charge < -0.3 is 14.8 Å². The van der Waals surface area contributed by atoms with Crippen LogP contribution in [-0.2, 0) is 7.05 Å². The van der Waals surface area contributed by atoms with Crippen LogP contribution in [-0.4, -0.2) is 25.9 Å². The summed E-state index contributed by atoms with van der Waals surface area (Å²) in [6, 6.07) is 0.